The van der Waals surface area contributed by atoms with Crippen LogP contribution in [0.4, 0.5) is 18.9 Å². The lowest BCUT2D eigenvalue weighted by Gasteiger charge is -2.14. The first-order valence-corrected chi connectivity index (χ1v) is 8.07. The van der Waals surface area contributed by atoms with Gasteiger partial charge in [0.1, 0.15) is 11.3 Å². The van der Waals surface area contributed by atoms with Crippen LogP contribution in [0.3, 0.4) is 0 Å². The van der Waals surface area contributed by atoms with Crippen LogP contribution in [0, 0.1) is 0 Å². The predicted molar refractivity (Wildman–Crippen MR) is 94.9 cm³/mol. The van der Waals surface area contributed by atoms with Crippen LogP contribution < -0.4 is 10.9 Å². The van der Waals surface area contributed by atoms with Crippen molar-refractivity contribution in [1.29, 1.82) is 0 Å². The van der Waals surface area contributed by atoms with E-state index in [4.69, 9.17) is 0 Å². The molecule has 0 saturated carbocycles. The van der Waals surface area contributed by atoms with E-state index in [9.17, 15) is 27.9 Å². The monoisotopic (exact) mass is 376 g/mol. The second-order valence-corrected chi connectivity index (χ2v) is 5.82. The first-order valence-electron chi connectivity index (χ1n) is 8.07. The molecule has 0 fully saturated rings. The molecule has 0 unspecified atom stereocenters. The summed E-state index contributed by atoms with van der Waals surface area (Å²) >= 11 is 0. The Morgan fingerprint density at radius 3 is 2.33 bits per heavy atom. The fourth-order valence-corrected chi connectivity index (χ4v) is 2.84. The number of hydrogen-bond donors (Lipinski definition) is 2. The molecule has 1 aromatic heterocycles. The van der Waals surface area contributed by atoms with Crippen molar-refractivity contribution in [2.24, 2.45) is 0 Å². The number of hydrogen-bond acceptors (Lipinski definition) is 3. The highest BCUT2D eigenvalue weighted by atomic mass is 19.4. The van der Waals surface area contributed by atoms with Gasteiger partial charge in [-0.25, -0.2) is 0 Å². The summed E-state index contributed by atoms with van der Waals surface area (Å²) in [7, 11) is 0. The third-order valence-corrected chi connectivity index (χ3v) is 4.16. The molecule has 0 spiro atoms. The van der Waals surface area contributed by atoms with Crippen LogP contribution in [-0.2, 0) is 12.7 Å². The van der Waals surface area contributed by atoms with Crippen molar-refractivity contribution in [1.82, 2.24) is 4.57 Å². The number of carbonyl (C=O) groups excluding carboxylic acids is 1. The number of carbonyl (C=O) groups is 1. The van der Waals surface area contributed by atoms with Crippen LogP contribution in [0.5, 0.6) is 5.75 Å². The van der Waals surface area contributed by atoms with E-state index in [1.807, 2.05) is 0 Å². The number of anilines is 1. The van der Waals surface area contributed by atoms with Gasteiger partial charge in [-0.2, -0.15) is 13.2 Å². The van der Waals surface area contributed by atoms with Crippen LogP contribution in [0.1, 0.15) is 22.8 Å². The maximum atomic E-state index is 12.6. The molecule has 0 bridgehead atoms. The maximum absolute atomic E-state index is 12.6. The Kier molecular flexibility index (Phi) is 4.65. The van der Waals surface area contributed by atoms with Gasteiger partial charge in [0.05, 0.1) is 11.1 Å². The second-order valence-electron chi connectivity index (χ2n) is 5.82. The molecule has 8 heteroatoms. The highest BCUT2D eigenvalue weighted by Gasteiger charge is 2.30. The molecule has 0 radical (unpaired) electrons. The molecule has 2 aromatic carbocycles. The maximum Gasteiger partial charge on any atom is 0.416 e. The van der Waals surface area contributed by atoms with Crippen LogP contribution in [-0.4, -0.2) is 15.6 Å². The molecule has 0 saturated heterocycles. The predicted octanol–water partition coefficient (Wildman–Crippen LogP) is 4.00. The number of alkyl halides is 3. The number of aryl methyl sites for hydroxylation is 1. The van der Waals surface area contributed by atoms with Crippen LogP contribution in [0.15, 0.2) is 53.3 Å². The lowest BCUT2D eigenvalue weighted by Crippen LogP contribution is -2.29. The first kappa shape index (κ1) is 18.5. The lowest BCUT2D eigenvalue weighted by molar-refractivity contribution is -0.137. The fourth-order valence-electron chi connectivity index (χ4n) is 2.84. The van der Waals surface area contributed by atoms with Crippen molar-refractivity contribution in [2.75, 3.05) is 5.32 Å². The molecule has 5 nitrogen and oxygen atoms in total. The van der Waals surface area contributed by atoms with Crippen molar-refractivity contribution in [2.45, 2.75) is 19.6 Å². The number of fused-ring (bicyclic) bond motifs is 1. The van der Waals surface area contributed by atoms with Crippen molar-refractivity contribution in [3.8, 4) is 5.75 Å². The number of aromatic nitrogens is 1. The third-order valence-electron chi connectivity index (χ3n) is 4.16. The van der Waals surface area contributed by atoms with E-state index in [2.05, 4.69) is 5.32 Å². The Morgan fingerprint density at radius 2 is 1.74 bits per heavy atom. The van der Waals surface area contributed by atoms with E-state index in [1.54, 1.807) is 31.2 Å². The first-order chi connectivity index (χ1) is 12.7. The number of para-hydroxylation sites is 1. The second kappa shape index (κ2) is 6.79. The minimum atomic E-state index is -4.49. The SMILES string of the molecule is CCn1c(=O)c(C(=O)Nc2ccc(C(F)(F)F)cc2)c(O)c2ccccc21. The number of nitrogens with one attached hydrogen (secondary N) is 1. The topological polar surface area (TPSA) is 71.3 Å². The van der Waals surface area contributed by atoms with Gasteiger partial charge >= 0.3 is 6.18 Å². The van der Waals surface area contributed by atoms with E-state index in [1.165, 1.54) is 4.57 Å². The van der Waals surface area contributed by atoms with Gasteiger partial charge in [-0.3, -0.25) is 9.59 Å². The van der Waals surface area contributed by atoms with Gasteiger partial charge in [0.25, 0.3) is 11.5 Å². The van der Waals surface area contributed by atoms with E-state index in [-0.39, 0.29) is 12.2 Å². The molecule has 3 rings (SSSR count). The van der Waals surface area contributed by atoms with Gasteiger partial charge in [-0.1, -0.05) is 12.1 Å². The largest absolute Gasteiger partial charge is 0.506 e. The van der Waals surface area contributed by atoms with Crippen LogP contribution in [0.25, 0.3) is 10.9 Å². The molecule has 0 aliphatic carbocycles. The van der Waals surface area contributed by atoms with Crippen LogP contribution in [0.2, 0.25) is 0 Å². The molecular weight excluding hydrogens is 361 g/mol. The lowest BCUT2D eigenvalue weighted by atomic mass is 10.1. The Labute approximate surface area is 151 Å². The number of aromatic hydroxyl groups is 1. The van der Waals surface area contributed by atoms with Gasteiger partial charge in [0.15, 0.2) is 0 Å². The van der Waals surface area contributed by atoms with Gasteiger partial charge in [-0.15, -0.1) is 0 Å². The van der Waals surface area contributed by atoms with E-state index in [0.717, 1.165) is 24.3 Å². The Hall–Kier alpha value is -3.29. The molecule has 140 valence electrons. The van der Waals surface area contributed by atoms with Gasteiger partial charge in [0, 0.05) is 17.6 Å². The molecule has 3 aromatic rings. The van der Waals surface area contributed by atoms with Crippen LogP contribution >= 0.6 is 0 Å². The number of amides is 1. The zero-order chi connectivity index (χ0) is 19.8. The minimum absolute atomic E-state index is 0.0722. The summed E-state index contributed by atoms with van der Waals surface area (Å²) in [6, 6.07) is 10.4. The Balaban J connectivity index is 2.02. The smallest absolute Gasteiger partial charge is 0.416 e. The molecule has 0 atom stereocenters. The van der Waals surface area contributed by atoms with Gasteiger partial charge in [0.2, 0.25) is 0 Å². The average molecular weight is 376 g/mol. The van der Waals surface area contributed by atoms with E-state index >= 15 is 0 Å². The number of rotatable bonds is 3. The molecule has 2 N–H and O–H groups in total. The fraction of sp³-hybridized carbons (Fsp3) is 0.158. The summed E-state index contributed by atoms with van der Waals surface area (Å²) in [6.07, 6.45) is -4.49. The zero-order valence-corrected chi connectivity index (χ0v) is 14.2. The van der Waals surface area contributed by atoms with E-state index in [0.29, 0.717) is 10.9 Å². The van der Waals surface area contributed by atoms with Crippen molar-refractivity contribution < 1.29 is 23.1 Å². The van der Waals surface area contributed by atoms with Gasteiger partial charge in [-0.05, 0) is 43.3 Å². The highest BCUT2D eigenvalue weighted by Crippen LogP contribution is 2.30. The average Bonchev–Trinajstić information content (AvgIpc) is 2.62. The van der Waals surface area contributed by atoms with E-state index < -0.39 is 34.5 Å². The Morgan fingerprint density at radius 1 is 1.11 bits per heavy atom. The summed E-state index contributed by atoms with van der Waals surface area (Å²) in [4.78, 5) is 25.2. The standard InChI is InChI=1S/C19H15F3N2O3/c1-2-24-14-6-4-3-5-13(14)16(25)15(18(24)27)17(26)23-12-9-7-11(8-10-12)19(20,21)22/h3-10,25H,2H2,1H3,(H,23,26). The Bertz CT molecular complexity index is 1070. The quantitative estimate of drug-likeness (QED) is 0.726. The number of pyridine rings is 1. The summed E-state index contributed by atoms with van der Waals surface area (Å²) < 4.78 is 39.2. The van der Waals surface area contributed by atoms with Gasteiger partial charge < -0.3 is 15.0 Å². The normalized spacial score (nSPS) is 11.6. The minimum Gasteiger partial charge on any atom is -0.506 e. The van der Waals surface area contributed by atoms with Crippen molar-refractivity contribution >= 4 is 22.5 Å². The zero-order valence-electron chi connectivity index (χ0n) is 14.2. The number of nitrogens with zero attached hydrogens (tertiary/aromatic N) is 1. The molecule has 27 heavy (non-hydrogen) atoms. The molecule has 0 aliphatic heterocycles. The summed E-state index contributed by atoms with van der Waals surface area (Å²) in [6.45, 7) is 2.00. The molecule has 1 amide bonds. The molecule has 0 aliphatic rings. The number of halogens is 3. The number of benzene rings is 2. The van der Waals surface area contributed by atoms with Crippen molar-refractivity contribution in [3.63, 3.8) is 0 Å². The highest BCUT2D eigenvalue weighted by molar-refractivity contribution is 6.09. The summed E-state index contributed by atoms with van der Waals surface area (Å²) in [5.41, 5.74) is -1.45. The third kappa shape index (κ3) is 3.38. The van der Waals surface area contributed by atoms with Crippen molar-refractivity contribution in [3.05, 3.63) is 70.0 Å². The summed E-state index contributed by atoms with van der Waals surface area (Å²) in [5.74, 6) is -1.37. The molecule has 1 heterocycles. The molecular formula is C19H15F3N2O3. The summed E-state index contributed by atoms with van der Waals surface area (Å²) in [5, 5.41) is 13.1.